The van der Waals surface area contributed by atoms with Crippen molar-refractivity contribution in [2.75, 3.05) is 5.33 Å². The predicted octanol–water partition coefficient (Wildman–Crippen LogP) is 4.10. The summed E-state index contributed by atoms with van der Waals surface area (Å²) in [6, 6.07) is 6.42. The quantitative estimate of drug-likeness (QED) is 0.696. The van der Waals surface area contributed by atoms with Crippen LogP contribution in [0.5, 0.6) is 0 Å². The van der Waals surface area contributed by atoms with Gasteiger partial charge >= 0.3 is 0 Å². The standard InChI is InChI=1S/C12H15Br/c1-10-6-5-8-12(11(10)2)7-3-4-9-13/h3,5-8H,4,9H2,1-2H3/b7-3+. The number of benzene rings is 1. The maximum absolute atomic E-state index is 3.40. The van der Waals surface area contributed by atoms with Gasteiger partial charge in [0.2, 0.25) is 0 Å². The molecule has 1 heteroatoms. The monoisotopic (exact) mass is 238 g/mol. The summed E-state index contributed by atoms with van der Waals surface area (Å²) in [7, 11) is 0. The number of halogens is 1. The van der Waals surface area contributed by atoms with Crippen molar-refractivity contribution in [3.05, 3.63) is 41.0 Å². The molecule has 0 saturated heterocycles. The van der Waals surface area contributed by atoms with E-state index < -0.39 is 0 Å². The van der Waals surface area contributed by atoms with Gasteiger partial charge in [-0.3, -0.25) is 0 Å². The second-order valence-electron chi connectivity index (χ2n) is 3.17. The lowest BCUT2D eigenvalue weighted by molar-refractivity contribution is 1.26. The van der Waals surface area contributed by atoms with Crippen molar-refractivity contribution in [3.63, 3.8) is 0 Å². The van der Waals surface area contributed by atoms with Gasteiger partial charge in [0.15, 0.2) is 0 Å². The molecule has 0 aliphatic heterocycles. The zero-order chi connectivity index (χ0) is 9.68. The van der Waals surface area contributed by atoms with Crippen LogP contribution in [0, 0.1) is 13.8 Å². The van der Waals surface area contributed by atoms with Crippen molar-refractivity contribution < 1.29 is 0 Å². The first-order chi connectivity index (χ1) is 6.25. The van der Waals surface area contributed by atoms with Crippen molar-refractivity contribution in [3.8, 4) is 0 Å². The molecule has 0 unspecified atom stereocenters. The van der Waals surface area contributed by atoms with Crippen molar-refractivity contribution >= 4 is 22.0 Å². The smallest absolute Gasteiger partial charge is 0.00660 e. The largest absolute Gasteiger partial charge is 0.0925 e. The average molecular weight is 239 g/mol. The molecule has 0 atom stereocenters. The van der Waals surface area contributed by atoms with E-state index in [1.54, 1.807) is 0 Å². The molecule has 0 N–H and O–H groups in total. The molecule has 1 rings (SSSR count). The van der Waals surface area contributed by atoms with Gasteiger partial charge in [-0.15, -0.1) is 0 Å². The molecule has 1 aromatic carbocycles. The Hall–Kier alpha value is -0.560. The van der Waals surface area contributed by atoms with Gasteiger partial charge in [-0.1, -0.05) is 46.3 Å². The molecule has 0 nitrogen and oxygen atoms in total. The second-order valence-corrected chi connectivity index (χ2v) is 3.96. The molecule has 70 valence electrons. The van der Waals surface area contributed by atoms with E-state index in [1.807, 2.05) is 0 Å². The van der Waals surface area contributed by atoms with Crippen molar-refractivity contribution in [2.45, 2.75) is 20.3 Å². The minimum Gasteiger partial charge on any atom is -0.0925 e. The maximum Gasteiger partial charge on any atom is 0.00660 e. The Morgan fingerprint density at radius 3 is 2.77 bits per heavy atom. The van der Waals surface area contributed by atoms with E-state index in [0.717, 1.165) is 11.8 Å². The van der Waals surface area contributed by atoms with Gasteiger partial charge in [0.1, 0.15) is 0 Å². The molecular weight excluding hydrogens is 224 g/mol. The number of rotatable bonds is 3. The first-order valence-corrected chi connectivity index (χ1v) is 5.66. The highest BCUT2D eigenvalue weighted by Crippen LogP contribution is 2.14. The predicted molar refractivity (Wildman–Crippen MR) is 63.4 cm³/mol. The summed E-state index contributed by atoms with van der Waals surface area (Å²) < 4.78 is 0. The normalized spacial score (nSPS) is 11.0. The van der Waals surface area contributed by atoms with Gasteiger partial charge in [-0.05, 0) is 37.0 Å². The van der Waals surface area contributed by atoms with Crippen molar-refractivity contribution in [1.29, 1.82) is 0 Å². The van der Waals surface area contributed by atoms with E-state index in [1.165, 1.54) is 16.7 Å². The fourth-order valence-electron chi connectivity index (χ4n) is 1.23. The van der Waals surface area contributed by atoms with E-state index in [2.05, 4.69) is 60.1 Å². The maximum atomic E-state index is 3.40. The Balaban J connectivity index is 2.83. The van der Waals surface area contributed by atoms with Crippen LogP contribution < -0.4 is 0 Å². The molecule has 0 spiro atoms. The van der Waals surface area contributed by atoms with Crippen LogP contribution in [0.25, 0.3) is 6.08 Å². The van der Waals surface area contributed by atoms with Crippen LogP contribution in [0.3, 0.4) is 0 Å². The molecule has 0 amide bonds. The SMILES string of the molecule is Cc1cccc(/C=C/CCBr)c1C. The second kappa shape index (κ2) is 5.23. The van der Waals surface area contributed by atoms with Gasteiger partial charge in [-0.2, -0.15) is 0 Å². The summed E-state index contributed by atoms with van der Waals surface area (Å²) >= 11 is 3.40. The van der Waals surface area contributed by atoms with Crippen LogP contribution in [-0.2, 0) is 0 Å². The summed E-state index contributed by atoms with van der Waals surface area (Å²) in [6.07, 6.45) is 5.49. The van der Waals surface area contributed by atoms with E-state index in [9.17, 15) is 0 Å². The molecule has 0 heterocycles. The Bertz CT molecular complexity index is 300. The highest BCUT2D eigenvalue weighted by molar-refractivity contribution is 9.09. The zero-order valence-corrected chi connectivity index (χ0v) is 9.76. The number of hydrogen-bond donors (Lipinski definition) is 0. The van der Waals surface area contributed by atoms with Gasteiger partial charge < -0.3 is 0 Å². The molecule has 0 saturated carbocycles. The molecule has 13 heavy (non-hydrogen) atoms. The molecular formula is C12H15Br. The molecule has 0 aromatic heterocycles. The van der Waals surface area contributed by atoms with E-state index >= 15 is 0 Å². The van der Waals surface area contributed by atoms with Gasteiger partial charge in [-0.25, -0.2) is 0 Å². The highest BCUT2D eigenvalue weighted by Gasteiger charge is 1.95. The first kappa shape index (κ1) is 10.5. The molecule has 0 aliphatic rings. The summed E-state index contributed by atoms with van der Waals surface area (Å²) in [5.41, 5.74) is 4.08. The molecule has 0 fully saturated rings. The van der Waals surface area contributed by atoms with Crippen molar-refractivity contribution in [2.24, 2.45) is 0 Å². The number of hydrogen-bond acceptors (Lipinski definition) is 0. The lowest BCUT2D eigenvalue weighted by Gasteiger charge is -2.03. The fourth-order valence-corrected chi connectivity index (χ4v) is 1.49. The molecule has 1 aromatic rings. The summed E-state index contributed by atoms with van der Waals surface area (Å²) in [4.78, 5) is 0. The highest BCUT2D eigenvalue weighted by atomic mass is 79.9. The minimum absolute atomic E-state index is 1.04. The van der Waals surface area contributed by atoms with Gasteiger partial charge in [0.05, 0.1) is 0 Å². The lowest BCUT2D eigenvalue weighted by atomic mass is 10.0. The van der Waals surface area contributed by atoms with E-state index in [-0.39, 0.29) is 0 Å². The minimum atomic E-state index is 1.04. The summed E-state index contributed by atoms with van der Waals surface area (Å²) in [5, 5.41) is 1.04. The third kappa shape index (κ3) is 3.00. The third-order valence-corrected chi connectivity index (χ3v) is 2.68. The van der Waals surface area contributed by atoms with Gasteiger partial charge in [0.25, 0.3) is 0 Å². The van der Waals surface area contributed by atoms with Crippen LogP contribution in [0.4, 0.5) is 0 Å². The Labute approximate surface area is 88.8 Å². The van der Waals surface area contributed by atoms with Crippen LogP contribution in [0.2, 0.25) is 0 Å². The first-order valence-electron chi connectivity index (χ1n) is 4.54. The van der Waals surface area contributed by atoms with Crippen LogP contribution >= 0.6 is 15.9 Å². The van der Waals surface area contributed by atoms with E-state index in [0.29, 0.717) is 0 Å². The fraction of sp³-hybridized carbons (Fsp3) is 0.333. The van der Waals surface area contributed by atoms with Crippen molar-refractivity contribution in [1.82, 2.24) is 0 Å². The molecule has 0 bridgehead atoms. The van der Waals surface area contributed by atoms with Crippen LogP contribution in [-0.4, -0.2) is 5.33 Å². The van der Waals surface area contributed by atoms with Crippen LogP contribution in [0.1, 0.15) is 23.1 Å². The summed E-state index contributed by atoms with van der Waals surface area (Å²) in [5.74, 6) is 0. The Kier molecular flexibility index (Phi) is 4.23. The molecule has 0 aliphatic carbocycles. The summed E-state index contributed by atoms with van der Waals surface area (Å²) in [6.45, 7) is 4.32. The van der Waals surface area contributed by atoms with Crippen LogP contribution in [0.15, 0.2) is 24.3 Å². The van der Waals surface area contributed by atoms with Gasteiger partial charge in [0, 0.05) is 5.33 Å². The lowest BCUT2D eigenvalue weighted by Crippen LogP contribution is -1.84. The zero-order valence-electron chi connectivity index (χ0n) is 8.18. The third-order valence-electron chi connectivity index (χ3n) is 2.22. The topological polar surface area (TPSA) is 0 Å². The number of allylic oxidation sites excluding steroid dienone is 1. The molecule has 0 radical (unpaired) electrons. The number of alkyl halides is 1. The Morgan fingerprint density at radius 2 is 2.08 bits per heavy atom. The average Bonchev–Trinajstić information content (AvgIpc) is 2.13. The van der Waals surface area contributed by atoms with E-state index in [4.69, 9.17) is 0 Å². The number of aryl methyl sites for hydroxylation is 1. The Morgan fingerprint density at radius 1 is 1.31 bits per heavy atom.